The number of esters is 2. The van der Waals surface area contributed by atoms with Gasteiger partial charge in [0.1, 0.15) is 48.8 Å². The average molecular weight is 1160 g/mol. The Morgan fingerprint density at radius 2 is 1.22 bits per heavy atom. The summed E-state index contributed by atoms with van der Waals surface area (Å²) in [6.45, 7) is 15.8. The fraction of sp³-hybridized carbons (Fsp3) is 0.845. The Morgan fingerprint density at radius 1 is 0.642 bits per heavy atom. The number of carboxylic acid groups (broad SMARTS) is 1. The van der Waals surface area contributed by atoms with Gasteiger partial charge in [-0.1, -0.05) is 65.3 Å². The summed E-state index contributed by atoms with van der Waals surface area (Å²) in [5.41, 5.74) is -3.54. The number of carbonyl (C=O) groups is 3. The molecule has 81 heavy (non-hydrogen) atoms. The number of allylic oxidation sites excluding steroid dienone is 4. The molecule has 0 radical (unpaired) electrons. The molecule has 7 fully saturated rings. The van der Waals surface area contributed by atoms with Gasteiger partial charge in [0.15, 0.2) is 31.1 Å². The van der Waals surface area contributed by atoms with Gasteiger partial charge in [-0.3, -0.25) is 0 Å². The maximum atomic E-state index is 13.8. The van der Waals surface area contributed by atoms with Gasteiger partial charge in [-0.15, -0.1) is 0 Å². The lowest BCUT2D eigenvalue weighted by Gasteiger charge is -2.72. The van der Waals surface area contributed by atoms with Crippen molar-refractivity contribution in [1.29, 1.82) is 0 Å². The van der Waals surface area contributed by atoms with E-state index in [2.05, 4.69) is 26.8 Å². The van der Waals surface area contributed by atoms with Crippen molar-refractivity contribution in [3.05, 3.63) is 34.9 Å². The predicted octanol–water partition coefficient (Wildman–Crippen LogP) is 0.512. The molecule has 3 aliphatic heterocycles. The highest BCUT2D eigenvalue weighted by Gasteiger charge is 2.74. The number of ether oxygens (including phenoxy) is 8. The summed E-state index contributed by atoms with van der Waals surface area (Å²) in [6.07, 6.45) is -19.5. The van der Waals surface area contributed by atoms with E-state index in [1.807, 2.05) is 20.8 Å². The first-order valence-electron chi connectivity index (χ1n) is 28.7. The number of aliphatic hydroxyl groups is 11. The van der Waals surface area contributed by atoms with Crippen molar-refractivity contribution in [2.75, 3.05) is 33.0 Å². The number of aliphatic hydroxyl groups excluding tert-OH is 11. The van der Waals surface area contributed by atoms with Crippen LogP contribution in [-0.4, -0.2) is 217 Å². The molecule has 3 saturated heterocycles. The molecule has 3 heterocycles. The third-order valence-corrected chi connectivity index (χ3v) is 21.8. The minimum atomic E-state index is -2.14. The van der Waals surface area contributed by atoms with Crippen LogP contribution in [-0.2, 0) is 52.3 Å². The van der Waals surface area contributed by atoms with Crippen molar-refractivity contribution >= 4 is 17.9 Å². The quantitative estimate of drug-likeness (QED) is 0.0434. The molecule has 5 aliphatic carbocycles. The summed E-state index contributed by atoms with van der Waals surface area (Å²) in [7, 11) is 0. The topological polar surface area (TPSA) is 368 Å². The molecule has 0 amide bonds. The van der Waals surface area contributed by atoms with Crippen molar-refractivity contribution in [3.63, 3.8) is 0 Å². The average Bonchev–Trinajstić information content (AvgIpc) is 1.24. The fourth-order valence-corrected chi connectivity index (χ4v) is 16.5. The van der Waals surface area contributed by atoms with E-state index in [4.69, 9.17) is 37.9 Å². The minimum absolute atomic E-state index is 0.0842. The van der Waals surface area contributed by atoms with E-state index in [-0.39, 0.29) is 24.7 Å². The lowest BCUT2D eigenvalue weighted by Crippen LogP contribution is -2.72. The minimum Gasteiger partial charge on any atom is -0.479 e. The van der Waals surface area contributed by atoms with Crippen LogP contribution in [0.4, 0.5) is 0 Å². The molecule has 0 aromatic heterocycles. The fourth-order valence-electron chi connectivity index (χ4n) is 16.5. The number of hydrogen-bond donors (Lipinski definition) is 12. The third-order valence-electron chi connectivity index (χ3n) is 21.8. The van der Waals surface area contributed by atoms with Crippen LogP contribution < -0.4 is 0 Å². The van der Waals surface area contributed by atoms with E-state index in [1.165, 1.54) is 0 Å². The maximum absolute atomic E-state index is 13.8. The van der Waals surface area contributed by atoms with Crippen LogP contribution in [0, 0.1) is 56.2 Å². The SMILES string of the molecule is C/C=C(/C)C(=O)O[C@H]1[C@H](OC(=O)/C(C)=C\C)[C@@]2(CO)C(CC1(C)C)C1=CCC3[C@@]4(C)CC[C@H](O[C@@H]5OC(C(=O)O)[C@H](O)[C@H](O[C@@H]6O[C@H](CO)C(O)[C@@H]6O)C5O[C@@H]5OC(CO)[C@H](CO)[C@H](O)C5O)[C@](C)(CO)C4CC[C@@]3(C)[C@]1(C)C[C@H]2O. The normalized spacial score (nSPS) is 48.9. The van der Waals surface area contributed by atoms with Gasteiger partial charge >= 0.3 is 17.9 Å². The van der Waals surface area contributed by atoms with Gasteiger partial charge in [0.2, 0.25) is 0 Å². The highest BCUT2D eigenvalue weighted by molar-refractivity contribution is 5.89. The molecular formula is C58H90O23. The molecule has 0 aromatic rings. The van der Waals surface area contributed by atoms with E-state index in [0.29, 0.717) is 43.3 Å². The zero-order valence-electron chi connectivity index (χ0n) is 48.2. The Labute approximate surface area is 472 Å². The van der Waals surface area contributed by atoms with Gasteiger partial charge in [-0.25, -0.2) is 14.4 Å². The Balaban J connectivity index is 1.14. The summed E-state index contributed by atoms with van der Waals surface area (Å²) < 4.78 is 49.4. The zero-order valence-corrected chi connectivity index (χ0v) is 48.2. The van der Waals surface area contributed by atoms with E-state index in [1.54, 1.807) is 39.8 Å². The van der Waals surface area contributed by atoms with Gasteiger partial charge in [0, 0.05) is 27.9 Å². The number of carboxylic acids is 1. The first-order chi connectivity index (χ1) is 38.0. The van der Waals surface area contributed by atoms with Crippen molar-refractivity contribution in [3.8, 4) is 0 Å². The van der Waals surface area contributed by atoms with Crippen LogP contribution in [0.5, 0.6) is 0 Å². The van der Waals surface area contributed by atoms with Crippen molar-refractivity contribution < 1.29 is 114 Å². The summed E-state index contributed by atoms with van der Waals surface area (Å²) in [4.78, 5) is 40.4. The van der Waals surface area contributed by atoms with Crippen LogP contribution in [0.1, 0.15) is 114 Å². The molecule has 23 heteroatoms. The smallest absolute Gasteiger partial charge is 0.335 e. The number of rotatable bonds is 16. The van der Waals surface area contributed by atoms with Crippen LogP contribution >= 0.6 is 0 Å². The first kappa shape index (κ1) is 64.0. The highest BCUT2D eigenvalue weighted by Crippen LogP contribution is 2.76. The first-order valence-corrected chi connectivity index (χ1v) is 28.7. The molecule has 4 saturated carbocycles. The van der Waals surface area contributed by atoms with E-state index in [0.717, 1.165) is 5.57 Å². The number of hydrogen-bond acceptors (Lipinski definition) is 22. The van der Waals surface area contributed by atoms with Gasteiger partial charge in [-0.2, -0.15) is 0 Å². The van der Waals surface area contributed by atoms with Crippen LogP contribution in [0.2, 0.25) is 0 Å². The zero-order chi connectivity index (χ0) is 59.9. The predicted molar refractivity (Wildman–Crippen MR) is 281 cm³/mol. The van der Waals surface area contributed by atoms with E-state index in [9.17, 15) is 75.7 Å². The molecule has 0 aromatic carbocycles. The molecule has 26 atom stereocenters. The van der Waals surface area contributed by atoms with Gasteiger partial charge in [0.05, 0.1) is 62.9 Å². The van der Waals surface area contributed by atoms with Gasteiger partial charge in [0.25, 0.3) is 0 Å². The summed E-state index contributed by atoms with van der Waals surface area (Å²) >= 11 is 0. The van der Waals surface area contributed by atoms with Crippen LogP contribution in [0.15, 0.2) is 34.9 Å². The Hall–Kier alpha value is -3.05. The van der Waals surface area contributed by atoms with Gasteiger partial charge < -0.3 is 99.2 Å². The van der Waals surface area contributed by atoms with Crippen LogP contribution in [0.3, 0.4) is 0 Å². The lowest BCUT2D eigenvalue weighted by molar-refractivity contribution is -0.386. The molecule has 23 nitrogen and oxygen atoms in total. The molecular weight excluding hydrogens is 1060 g/mol. The molecule has 460 valence electrons. The second-order valence-corrected chi connectivity index (χ2v) is 26.2. The Kier molecular flexibility index (Phi) is 18.7. The van der Waals surface area contributed by atoms with Gasteiger partial charge in [-0.05, 0) is 107 Å². The number of carbonyl (C=O) groups excluding carboxylic acids is 2. The monoisotopic (exact) mass is 1150 g/mol. The maximum Gasteiger partial charge on any atom is 0.335 e. The second-order valence-electron chi connectivity index (χ2n) is 26.2. The molecule has 12 N–H and O–H groups in total. The Bertz CT molecular complexity index is 2390. The second kappa shape index (κ2) is 23.7. The molecule has 8 unspecified atom stereocenters. The highest BCUT2D eigenvalue weighted by atomic mass is 16.8. The third kappa shape index (κ3) is 10.3. The number of fused-ring (bicyclic) bond motifs is 7. The summed E-state index contributed by atoms with van der Waals surface area (Å²) in [5, 5.41) is 133. The van der Waals surface area contributed by atoms with Crippen molar-refractivity contribution in [2.45, 2.75) is 219 Å². The standard InChI is InChI=1S/C58H90O23/c1-11-26(3)48(72)80-45-46(81-49(73)27(4)12-2)58(25-63)30(19-53(45,5)6)29-13-14-34-54(7)17-16-36(55(8,24-62)33(54)15-18-56(34,9)57(29,10)20-35(58)64)76-52-44(79-50-39(67)37(65)28(21-59)31(22-60)74-50)42(41(69)43(78-52)47(70)71)77-51-40(68)38(66)32(23-61)75-51/h11-13,28,30-46,50-52,59-69H,14-25H2,1-10H3,(H,70,71)/b26-11-,27-12-/t28-,30?,31?,32+,33?,34?,35+,36-,37-,38?,39?,40-,41+,42-,43?,44?,45-,46-,50-,51-,52+,54-,55+,56+,57+,58-/m0/s1. The summed E-state index contributed by atoms with van der Waals surface area (Å²) in [6, 6.07) is 0. The van der Waals surface area contributed by atoms with E-state index < -0.39 is 200 Å². The molecule has 0 bridgehead atoms. The number of aliphatic carboxylic acids is 1. The Morgan fingerprint density at radius 3 is 1.77 bits per heavy atom. The molecule has 8 rings (SSSR count). The van der Waals surface area contributed by atoms with Crippen molar-refractivity contribution in [1.82, 2.24) is 0 Å². The summed E-state index contributed by atoms with van der Waals surface area (Å²) in [5.74, 6) is -5.03. The molecule has 8 aliphatic rings. The molecule has 0 spiro atoms. The van der Waals surface area contributed by atoms with E-state index >= 15 is 0 Å². The van der Waals surface area contributed by atoms with Crippen LogP contribution in [0.25, 0.3) is 0 Å². The van der Waals surface area contributed by atoms with Crippen molar-refractivity contribution in [2.24, 2.45) is 56.2 Å². The lowest BCUT2D eigenvalue weighted by atomic mass is 9.33. The largest absolute Gasteiger partial charge is 0.479 e.